The predicted octanol–water partition coefficient (Wildman–Crippen LogP) is -0.840. The van der Waals surface area contributed by atoms with Crippen LogP contribution in [0.3, 0.4) is 0 Å². The molecule has 0 aromatic heterocycles. The van der Waals surface area contributed by atoms with Gasteiger partial charge in [-0.15, -0.1) is 0 Å². The molecule has 7 heavy (non-hydrogen) atoms. The number of nitrogens with two attached hydrogens (primary N) is 1. The summed E-state index contributed by atoms with van der Waals surface area (Å²) in [5.74, 6) is -0.620. The highest BCUT2D eigenvalue weighted by Gasteiger charge is 1.91. The molecule has 0 spiro atoms. The van der Waals surface area contributed by atoms with Crippen molar-refractivity contribution in [2.75, 3.05) is 6.54 Å². The molecule has 0 fully saturated rings. The molecule has 0 aliphatic heterocycles. The van der Waals surface area contributed by atoms with Crippen LogP contribution in [0.1, 0.15) is 0 Å². The van der Waals surface area contributed by atoms with Gasteiger partial charge < -0.3 is 10.3 Å². The van der Waals surface area contributed by atoms with E-state index in [0.29, 0.717) is 0 Å². The fraction of sp³-hybridized carbons (Fsp3) is 0.500. The summed E-state index contributed by atoms with van der Waals surface area (Å²) in [7, 11) is -1.43. The summed E-state index contributed by atoms with van der Waals surface area (Å²) in [5, 5.41) is 0. The first kappa shape index (κ1) is 6.66. The van der Waals surface area contributed by atoms with Crippen LogP contribution in [0.15, 0.2) is 0 Å². The van der Waals surface area contributed by atoms with Crippen LogP contribution in [0, 0.1) is 0 Å². The van der Waals surface area contributed by atoms with Crippen LogP contribution in [0.4, 0.5) is 0 Å². The average Bonchev–Trinajstić information content (AvgIpc) is 1.68. The van der Waals surface area contributed by atoms with Gasteiger partial charge in [-0.2, -0.15) is 0 Å². The van der Waals surface area contributed by atoms with Crippen LogP contribution in [0.2, 0.25) is 0 Å². The monoisotopic (exact) mass is 123 g/mol. The molecule has 2 N–H and O–H groups in total. The molecule has 0 amide bonds. The topological polar surface area (TPSA) is 69.4 Å². The maximum absolute atomic E-state index is 9.89. The first-order valence-electron chi connectivity index (χ1n) is 1.64. The Hall–Kier alpha value is -0.340. The van der Waals surface area contributed by atoms with Gasteiger partial charge in [0.1, 0.15) is 0 Å². The summed E-state index contributed by atoms with van der Waals surface area (Å²) in [6.07, 6.45) is 0. The summed E-state index contributed by atoms with van der Waals surface area (Å²) in [6.45, 7) is -0.199. The van der Waals surface area contributed by atoms with Crippen LogP contribution in [-0.2, 0) is 13.9 Å². The van der Waals surface area contributed by atoms with Gasteiger partial charge in [0.2, 0.25) is 8.69 Å². The second-order valence-corrected chi connectivity index (χ2v) is 1.22. The van der Waals surface area contributed by atoms with Crippen LogP contribution < -0.4 is 5.73 Å². The van der Waals surface area contributed by atoms with Gasteiger partial charge in [-0.05, 0) is 0 Å². The van der Waals surface area contributed by atoms with Crippen molar-refractivity contribution in [3.63, 3.8) is 0 Å². The van der Waals surface area contributed by atoms with Gasteiger partial charge >= 0.3 is 5.97 Å². The van der Waals surface area contributed by atoms with Crippen molar-refractivity contribution in [2.24, 2.45) is 5.73 Å². The molecule has 0 saturated carbocycles. The molecule has 1 atom stereocenters. The van der Waals surface area contributed by atoms with Gasteiger partial charge in [-0.25, -0.2) is 0 Å². The van der Waals surface area contributed by atoms with Crippen LogP contribution >= 0.6 is 8.69 Å². The highest BCUT2D eigenvalue weighted by molar-refractivity contribution is 7.18. The molecule has 0 rings (SSSR count). The second kappa shape index (κ2) is 3.84. The molecule has 0 aromatic rings. The zero-order valence-corrected chi connectivity index (χ0v) is 4.74. The predicted molar refractivity (Wildman–Crippen MR) is 25.5 cm³/mol. The smallest absolute Gasteiger partial charge is 0.324 e. The Bertz CT molecular complexity index is 83.0. The van der Waals surface area contributed by atoms with Crippen molar-refractivity contribution in [1.29, 1.82) is 0 Å². The zero-order chi connectivity index (χ0) is 5.70. The summed E-state index contributed by atoms with van der Waals surface area (Å²) < 4.78 is 13.4. The Morgan fingerprint density at radius 3 is 2.57 bits per heavy atom. The molecule has 42 valence electrons. The van der Waals surface area contributed by atoms with Gasteiger partial charge in [0, 0.05) is 0 Å². The summed E-state index contributed by atoms with van der Waals surface area (Å²) in [6, 6.07) is 0. The SMILES string of the molecule is NCC(=O)O[PH2]=O. The molecule has 5 heteroatoms. The van der Waals surface area contributed by atoms with Gasteiger partial charge in [0.25, 0.3) is 0 Å². The largest absolute Gasteiger partial charge is 0.416 e. The van der Waals surface area contributed by atoms with Gasteiger partial charge in [-0.3, -0.25) is 9.36 Å². The lowest BCUT2D eigenvalue weighted by atomic mass is 10.7. The van der Waals surface area contributed by atoms with E-state index in [1.54, 1.807) is 0 Å². The van der Waals surface area contributed by atoms with Crippen molar-refractivity contribution in [1.82, 2.24) is 0 Å². The van der Waals surface area contributed by atoms with E-state index >= 15 is 0 Å². The lowest BCUT2D eigenvalue weighted by molar-refractivity contribution is -0.131. The van der Waals surface area contributed by atoms with Crippen LogP contribution in [0.5, 0.6) is 0 Å². The molecule has 0 bridgehead atoms. The first-order chi connectivity index (χ1) is 3.31. The van der Waals surface area contributed by atoms with Gasteiger partial charge in [-0.1, -0.05) is 0 Å². The minimum atomic E-state index is -1.43. The van der Waals surface area contributed by atoms with Crippen LogP contribution in [-0.4, -0.2) is 12.5 Å². The second-order valence-electron chi connectivity index (χ2n) is 0.790. The van der Waals surface area contributed by atoms with E-state index in [4.69, 9.17) is 5.73 Å². The zero-order valence-electron chi connectivity index (χ0n) is 3.59. The number of carbonyl (C=O) groups is 1. The third-order valence-electron chi connectivity index (χ3n) is 0.346. The summed E-state index contributed by atoms with van der Waals surface area (Å²) in [5.41, 5.74) is 4.76. The molecular weight excluding hydrogens is 117 g/mol. The highest BCUT2D eigenvalue weighted by Crippen LogP contribution is 1.91. The number of hydrogen-bond donors (Lipinski definition) is 1. The Morgan fingerprint density at radius 1 is 1.86 bits per heavy atom. The van der Waals surface area contributed by atoms with E-state index in [1.807, 2.05) is 0 Å². The van der Waals surface area contributed by atoms with E-state index in [1.165, 1.54) is 0 Å². The average molecular weight is 123 g/mol. The van der Waals surface area contributed by atoms with Crippen molar-refractivity contribution in [3.8, 4) is 0 Å². The molecule has 0 heterocycles. The maximum atomic E-state index is 9.89. The number of carbonyl (C=O) groups excluding carboxylic acids is 1. The molecule has 0 aromatic carbocycles. The lowest BCUT2D eigenvalue weighted by Gasteiger charge is -1.87. The fourth-order valence-corrected chi connectivity index (χ4v) is 0.305. The quantitative estimate of drug-likeness (QED) is 0.486. The van der Waals surface area contributed by atoms with Crippen molar-refractivity contribution in [2.45, 2.75) is 0 Å². The van der Waals surface area contributed by atoms with Crippen molar-refractivity contribution < 1.29 is 13.9 Å². The molecule has 1 unspecified atom stereocenters. The standard InChI is InChI=1S/C2H6NO3P/c3-1-2(4)6-7-5/h1,3,7H2. The summed E-state index contributed by atoms with van der Waals surface area (Å²) in [4.78, 5) is 9.89. The Morgan fingerprint density at radius 2 is 2.43 bits per heavy atom. The van der Waals surface area contributed by atoms with Crippen LogP contribution in [0.25, 0.3) is 0 Å². The fourth-order valence-electron chi connectivity index (χ4n) is 0.102. The van der Waals surface area contributed by atoms with Crippen molar-refractivity contribution >= 4 is 14.7 Å². The molecule has 0 aliphatic carbocycles. The van der Waals surface area contributed by atoms with Gasteiger partial charge in [0.15, 0.2) is 0 Å². The van der Waals surface area contributed by atoms with Gasteiger partial charge in [0.05, 0.1) is 6.54 Å². The van der Waals surface area contributed by atoms with E-state index < -0.39 is 14.7 Å². The number of rotatable bonds is 2. The minimum Gasteiger partial charge on any atom is -0.416 e. The minimum absolute atomic E-state index is 0.199. The lowest BCUT2D eigenvalue weighted by Crippen LogP contribution is -2.12. The first-order valence-corrected chi connectivity index (χ1v) is 2.58. The third kappa shape index (κ3) is 3.49. The summed E-state index contributed by atoms with van der Waals surface area (Å²) >= 11 is 0. The Kier molecular flexibility index (Phi) is 3.65. The molecule has 0 aliphatic rings. The molecule has 0 saturated heterocycles. The number of hydrogen-bond acceptors (Lipinski definition) is 4. The molecule has 0 radical (unpaired) electrons. The van der Waals surface area contributed by atoms with E-state index in [2.05, 4.69) is 4.52 Å². The molecular formula is C2H6NO3P. The Labute approximate surface area is 41.9 Å². The van der Waals surface area contributed by atoms with Crippen molar-refractivity contribution in [3.05, 3.63) is 0 Å². The van der Waals surface area contributed by atoms with E-state index in [-0.39, 0.29) is 6.54 Å². The molecule has 4 nitrogen and oxygen atoms in total. The highest BCUT2D eigenvalue weighted by atomic mass is 31.1. The van der Waals surface area contributed by atoms with E-state index in [0.717, 1.165) is 0 Å². The third-order valence-corrected chi connectivity index (χ3v) is 0.705. The maximum Gasteiger partial charge on any atom is 0.324 e. The normalized spacial score (nSPS) is 9.86. The Balaban J connectivity index is 3.17. The van der Waals surface area contributed by atoms with E-state index in [9.17, 15) is 9.36 Å².